The maximum absolute atomic E-state index is 13.2. The predicted octanol–water partition coefficient (Wildman–Crippen LogP) is 3.22. The van der Waals surface area contributed by atoms with Gasteiger partial charge in [0.25, 0.3) is 0 Å². The molecule has 18 heavy (non-hydrogen) atoms. The van der Waals surface area contributed by atoms with Crippen LogP contribution in [0.25, 0.3) is 0 Å². The van der Waals surface area contributed by atoms with Crippen molar-refractivity contribution in [1.82, 2.24) is 4.98 Å². The summed E-state index contributed by atoms with van der Waals surface area (Å²) in [4.78, 5) is 4.22. The third-order valence-electron chi connectivity index (χ3n) is 2.52. The number of benzene rings is 1. The van der Waals surface area contributed by atoms with Crippen LogP contribution in [0, 0.1) is 5.82 Å². The second-order valence-electron chi connectivity index (χ2n) is 3.85. The van der Waals surface area contributed by atoms with E-state index < -0.39 is 0 Å². The lowest BCUT2D eigenvalue weighted by Crippen LogP contribution is -2.08. The second kappa shape index (κ2) is 5.82. The lowest BCUT2D eigenvalue weighted by atomic mass is 10.2. The van der Waals surface area contributed by atoms with Gasteiger partial charge in [-0.15, -0.1) is 0 Å². The van der Waals surface area contributed by atoms with Gasteiger partial charge in [0.05, 0.1) is 15.8 Å². The van der Waals surface area contributed by atoms with Crippen molar-refractivity contribution in [2.45, 2.75) is 6.42 Å². The predicted molar refractivity (Wildman–Crippen MR) is 74.9 cm³/mol. The average molecular weight is 310 g/mol. The minimum atomic E-state index is -0.359. The van der Waals surface area contributed by atoms with Gasteiger partial charge in [-0.1, -0.05) is 6.07 Å². The number of hydrogen-bond donors (Lipinski definition) is 2. The van der Waals surface area contributed by atoms with E-state index in [2.05, 4.69) is 26.2 Å². The monoisotopic (exact) mass is 309 g/mol. The molecule has 0 aliphatic carbocycles. The number of halogens is 2. The van der Waals surface area contributed by atoms with Crippen LogP contribution in [0.4, 0.5) is 15.8 Å². The highest BCUT2D eigenvalue weighted by molar-refractivity contribution is 9.10. The molecule has 1 heterocycles. The van der Waals surface area contributed by atoms with E-state index in [0.717, 1.165) is 17.8 Å². The summed E-state index contributed by atoms with van der Waals surface area (Å²) in [5, 5.41) is 3.17. The van der Waals surface area contributed by atoms with Gasteiger partial charge in [-0.2, -0.15) is 0 Å². The summed E-state index contributed by atoms with van der Waals surface area (Å²) in [7, 11) is 0. The van der Waals surface area contributed by atoms with E-state index in [-0.39, 0.29) is 5.82 Å². The van der Waals surface area contributed by atoms with Crippen LogP contribution in [-0.4, -0.2) is 11.5 Å². The molecule has 0 unspecified atom stereocenters. The van der Waals surface area contributed by atoms with Crippen molar-refractivity contribution in [1.29, 1.82) is 0 Å². The second-order valence-corrected chi connectivity index (χ2v) is 4.71. The summed E-state index contributed by atoms with van der Waals surface area (Å²) in [6.45, 7) is 0.694. The summed E-state index contributed by atoms with van der Waals surface area (Å²) in [5.41, 5.74) is 7.86. The van der Waals surface area contributed by atoms with Crippen molar-refractivity contribution in [3.05, 3.63) is 52.5 Å². The Bertz CT molecular complexity index is 531. The molecule has 94 valence electrons. The Morgan fingerprint density at radius 1 is 1.33 bits per heavy atom. The van der Waals surface area contributed by atoms with Crippen molar-refractivity contribution in [2.24, 2.45) is 0 Å². The van der Waals surface area contributed by atoms with Crippen LogP contribution in [0.1, 0.15) is 5.69 Å². The number of nitrogens with two attached hydrogens (primary N) is 1. The van der Waals surface area contributed by atoms with Gasteiger partial charge in [0, 0.05) is 30.9 Å². The number of hydrogen-bond acceptors (Lipinski definition) is 3. The molecule has 0 spiro atoms. The largest absolute Gasteiger partial charge is 0.397 e. The fourth-order valence-corrected chi connectivity index (χ4v) is 1.93. The Hall–Kier alpha value is -1.62. The van der Waals surface area contributed by atoms with Crippen LogP contribution in [0.3, 0.4) is 0 Å². The normalized spacial score (nSPS) is 10.3. The van der Waals surface area contributed by atoms with Crippen molar-refractivity contribution < 1.29 is 4.39 Å². The summed E-state index contributed by atoms with van der Waals surface area (Å²) in [6, 6.07) is 8.74. The van der Waals surface area contributed by atoms with Gasteiger partial charge < -0.3 is 11.1 Å². The first-order valence-electron chi connectivity index (χ1n) is 5.55. The number of nitrogen functional groups attached to an aromatic ring is 1. The van der Waals surface area contributed by atoms with Gasteiger partial charge >= 0.3 is 0 Å². The molecule has 3 N–H and O–H groups in total. The smallest absolute Gasteiger partial charge is 0.139 e. The van der Waals surface area contributed by atoms with E-state index in [9.17, 15) is 4.39 Å². The molecule has 0 amide bonds. The average Bonchev–Trinajstić information content (AvgIpc) is 2.37. The molecule has 0 radical (unpaired) electrons. The highest BCUT2D eigenvalue weighted by atomic mass is 79.9. The SMILES string of the molecule is Nc1cc(F)c(Br)cc1NCCc1ccccn1. The maximum Gasteiger partial charge on any atom is 0.139 e. The van der Waals surface area contributed by atoms with E-state index in [0.29, 0.717) is 16.7 Å². The van der Waals surface area contributed by atoms with Crippen LogP contribution in [-0.2, 0) is 6.42 Å². The Balaban J connectivity index is 1.97. The Morgan fingerprint density at radius 2 is 2.17 bits per heavy atom. The number of nitrogens with one attached hydrogen (secondary N) is 1. The summed E-state index contributed by atoms with van der Waals surface area (Å²) >= 11 is 3.13. The van der Waals surface area contributed by atoms with Gasteiger partial charge in [0.2, 0.25) is 0 Å². The standard InChI is InChI=1S/C13H13BrFN3/c14-10-7-13(12(16)8-11(10)15)18-6-4-9-3-1-2-5-17-9/h1-3,5,7-8,18H,4,6,16H2. The molecule has 3 nitrogen and oxygen atoms in total. The zero-order valence-electron chi connectivity index (χ0n) is 9.66. The van der Waals surface area contributed by atoms with Crippen LogP contribution in [0.5, 0.6) is 0 Å². The number of anilines is 2. The molecule has 0 aliphatic rings. The molecular weight excluding hydrogens is 297 g/mol. The Kier molecular flexibility index (Phi) is 4.15. The van der Waals surface area contributed by atoms with E-state index in [1.54, 1.807) is 12.3 Å². The fourth-order valence-electron chi connectivity index (χ4n) is 1.59. The topological polar surface area (TPSA) is 50.9 Å². The molecule has 0 saturated heterocycles. The summed E-state index contributed by atoms with van der Waals surface area (Å²) < 4.78 is 13.6. The quantitative estimate of drug-likeness (QED) is 0.853. The van der Waals surface area contributed by atoms with E-state index in [1.165, 1.54) is 6.07 Å². The third kappa shape index (κ3) is 3.20. The molecule has 0 bridgehead atoms. The Morgan fingerprint density at radius 3 is 2.89 bits per heavy atom. The molecule has 0 saturated carbocycles. The molecule has 0 atom stereocenters. The minimum absolute atomic E-state index is 0.359. The number of aromatic nitrogens is 1. The molecule has 5 heteroatoms. The van der Waals surface area contributed by atoms with Crippen LogP contribution < -0.4 is 11.1 Å². The van der Waals surface area contributed by atoms with Crippen molar-refractivity contribution in [3.8, 4) is 0 Å². The lowest BCUT2D eigenvalue weighted by molar-refractivity contribution is 0.622. The number of nitrogens with zero attached hydrogens (tertiary/aromatic N) is 1. The first-order chi connectivity index (χ1) is 8.66. The van der Waals surface area contributed by atoms with Crippen molar-refractivity contribution >= 4 is 27.3 Å². The van der Waals surface area contributed by atoms with Crippen LogP contribution in [0.15, 0.2) is 41.0 Å². The van der Waals surface area contributed by atoms with E-state index in [1.807, 2.05) is 18.2 Å². The summed E-state index contributed by atoms with van der Waals surface area (Å²) in [6.07, 6.45) is 2.55. The van der Waals surface area contributed by atoms with Gasteiger partial charge in [0.15, 0.2) is 0 Å². The zero-order chi connectivity index (χ0) is 13.0. The Labute approximate surface area is 113 Å². The zero-order valence-corrected chi connectivity index (χ0v) is 11.2. The number of rotatable bonds is 4. The number of pyridine rings is 1. The van der Waals surface area contributed by atoms with Crippen molar-refractivity contribution in [2.75, 3.05) is 17.6 Å². The third-order valence-corrected chi connectivity index (χ3v) is 3.12. The first kappa shape index (κ1) is 12.8. The molecule has 2 aromatic rings. The van der Waals surface area contributed by atoms with Gasteiger partial charge in [0.1, 0.15) is 5.82 Å². The molecule has 0 aliphatic heterocycles. The lowest BCUT2D eigenvalue weighted by Gasteiger charge is -2.10. The van der Waals surface area contributed by atoms with E-state index >= 15 is 0 Å². The summed E-state index contributed by atoms with van der Waals surface area (Å²) in [5.74, 6) is -0.359. The van der Waals surface area contributed by atoms with Crippen LogP contribution >= 0.6 is 15.9 Å². The van der Waals surface area contributed by atoms with Gasteiger partial charge in [-0.25, -0.2) is 4.39 Å². The van der Waals surface area contributed by atoms with Crippen molar-refractivity contribution in [3.63, 3.8) is 0 Å². The molecule has 0 fully saturated rings. The first-order valence-corrected chi connectivity index (χ1v) is 6.34. The molecule has 1 aromatic carbocycles. The maximum atomic E-state index is 13.2. The van der Waals surface area contributed by atoms with E-state index in [4.69, 9.17) is 5.73 Å². The molecular formula is C13H13BrFN3. The molecule has 1 aromatic heterocycles. The van der Waals surface area contributed by atoms with Gasteiger partial charge in [-0.3, -0.25) is 4.98 Å². The van der Waals surface area contributed by atoms with Gasteiger partial charge in [-0.05, 0) is 34.1 Å². The molecule has 2 rings (SSSR count). The minimum Gasteiger partial charge on any atom is -0.397 e. The highest BCUT2D eigenvalue weighted by Gasteiger charge is 2.05. The van der Waals surface area contributed by atoms with Crippen LogP contribution in [0.2, 0.25) is 0 Å². The highest BCUT2D eigenvalue weighted by Crippen LogP contribution is 2.26. The fraction of sp³-hybridized carbons (Fsp3) is 0.154.